The Morgan fingerprint density at radius 3 is 2.32 bits per heavy atom. The number of hydrogen-bond donors (Lipinski definition) is 1. The summed E-state index contributed by atoms with van der Waals surface area (Å²) in [5.41, 5.74) is 1.26. The number of carbonyl (C=O) groups is 1. The molecule has 2 saturated heterocycles. The Kier molecular flexibility index (Phi) is 4.83. The molecule has 5 heteroatoms. The predicted molar refractivity (Wildman–Crippen MR) is 87.4 cm³/mol. The molecule has 0 atom stereocenters. The predicted octanol–water partition coefficient (Wildman–Crippen LogP) is 1.49. The normalized spacial score (nSPS) is 20.0. The molecule has 0 saturated carbocycles. The standard InChI is InChI=1S/C17H25N3O2/c1-14(21)19-10-6-17(7-11-19)22-16-4-2-15(3-5-16)20-12-8-18-9-13-20/h2-5,17-18H,6-13H2,1H3. The summed E-state index contributed by atoms with van der Waals surface area (Å²) in [6.45, 7) is 7.46. The molecule has 0 radical (unpaired) electrons. The van der Waals surface area contributed by atoms with Crippen LogP contribution in [0.2, 0.25) is 0 Å². The summed E-state index contributed by atoms with van der Waals surface area (Å²) >= 11 is 0. The number of nitrogens with zero attached hydrogens (tertiary/aromatic N) is 2. The summed E-state index contributed by atoms with van der Waals surface area (Å²) in [6, 6.07) is 8.42. The van der Waals surface area contributed by atoms with Crippen LogP contribution in [0.4, 0.5) is 5.69 Å². The van der Waals surface area contributed by atoms with Crippen LogP contribution in [0.1, 0.15) is 19.8 Å². The van der Waals surface area contributed by atoms with Gasteiger partial charge in [0.25, 0.3) is 0 Å². The smallest absolute Gasteiger partial charge is 0.219 e. The van der Waals surface area contributed by atoms with Gasteiger partial charge in [-0.2, -0.15) is 0 Å². The molecule has 3 rings (SSSR count). The zero-order valence-corrected chi connectivity index (χ0v) is 13.3. The minimum Gasteiger partial charge on any atom is -0.490 e. The van der Waals surface area contributed by atoms with Gasteiger partial charge in [0, 0.05) is 64.7 Å². The molecule has 2 fully saturated rings. The lowest BCUT2D eigenvalue weighted by Crippen LogP contribution is -2.43. The third kappa shape index (κ3) is 3.71. The van der Waals surface area contributed by atoms with Crippen LogP contribution in [0, 0.1) is 0 Å². The molecule has 120 valence electrons. The van der Waals surface area contributed by atoms with Crippen molar-refractivity contribution in [3.05, 3.63) is 24.3 Å². The highest BCUT2D eigenvalue weighted by molar-refractivity contribution is 5.73. The number of nitrogens with one attached hydrogen (secondary N) is 1. The number of benzene rings is 1. The van der Waals surface area contributed by atoms with E-state index in [1.807, 2.05) is 4.90 Å². The van der Waals surface area contributed by atoms with Crippen LogP contribution in [-0.2, 0) is 4.79 Å². The topological polar surface area (TPSA) is 44.8 Å². The maximum absolute atomic E-state index is 11.3. The van der Waals surface area contributed by atoms with Crippen LogP contribution in [0.3, 0.4) is 0 Å². The molecule has 2 heterocycles. The maximum Gasteiger partial charge on any atom is 0.219 e. The lowest BCUT2D eigenvalue weighted by molar-refractivity contribution is -0.130. The largest absolute Gasteiger partial charge is 0.490 e. The van der Waals surface area contributed by atoms with E-state index in [1.54, 1.807) is 6.92 Å². The van der Waals surface area contributed by atoms with Gasteiger partial charge in [0.05, 0.1) is 0 Å². The molecule has 0 spiro atoms. The number of hydrogen-bond acceptors (Lipinski definition) is 4. The van der Waals surface area contributed by atoms with Gasteiger partial charge < -0.3 is 19.9 Å². The molecule has 1 N–H and O–H groups in total. The van der Waals surface area contributed by atoms with Gasteiger partial charge in [0.2, 0.25) is 5.91 Å². The maximum atomic E-state index is 11.3. The molecule has 0 aromatic heterocycles. The molecule has 2 aliphatic rings. The van der Waals surface area contributed by atoms with Gasteiger partial charge in [-0.1, -0.05) is 0 Å². The fourth-order valence-corrected chi connectivity index (χ4v) is 3.14. The molecular weight excluding hydrogens is 278 g/mol. The fourth-order valence-electron chi connectivity index (χ4n) is 3.14. The number of carbonyl (C=O) groups excluding carboxylic acids is 1. The Bertz CT molecular complexity index is 489. The average molecular weight is 303 g/mol. The summed E-state index contributed by atoms with van der Waals surface area (Å²) in [5, 5.41) is 3.37. The Balaban J connectivity index is 1.52. The third-order valence-electron chi connectivity index (χ3n) is 4.51. The summed E-state index contributed by atoms with van der Waals surface area (Å²) in [7, 11) is 0. The van der Waals surface area contributed by atoms with E-state index >= 15 is 0 Å². The van der Waals surface area contributed by atoms with Crippen molar-refractivity contribution in [3.8, 4) is 5.75 Å². The molecule has 1 amide bonds. The van der Waals surface area contributed by atoms with E-state index < -0.39 is 0 Å². The summed E-state index contributed by atoms with van der Waals surface area (Å²) in [4.78, 5) is 15.6. The zero-order valence-electron chi connectivity index (χ0n) is 13.3. The first-order valence-corrected chi connectivity index (χ1v) is 8.20. The second-order valence-corrected chi connectivity index (χ2v) is 6.05. The van der Waals surface area contributed by atoms with Crippen molar-refractivity contribution in [1.29, 1.82) is 0 Å². The number of likely N-dealkylation sites (tertiary alicyclic amines) is 1. The molecule has 1 aromatic rings. The van der Waals surface area contributed by atoms with Crippen molar-refractivity contribution in [1.82, 2.24) is 10.2 Å². The van der Waals surface area contributed by atoms with Crippen molar-refractivity contribution in [2.24, 2.45) is 0 Å². The Morgan fingerprint density at radius 2 is 1.73 bits per heavy atom. The second kappa shape index (κ2) is 7.01. The zero-order chi connectivity index (χ0) is 15.4. The van der Waals surface area contributed by atoms with Gasteiger partial charge in [-0.3, -0.25) is 4.79 Å². The first kappa shape index (κ1) is 15.2. The van der Waals surface area contributed by atoms with Crippen molar-refractivity contribution in [2.75, 3.05) is 44.2 Å². The first-order chi connectivity index (χ1) is 10.7. The molecular formula is C17H25N3O2. The number of anilines is 1. The van der Waals surface area contributed by atoms with Gasteiger partial charge in [-0.05, 0) is 24.3 Å². The molecule has 2 aliphatic heterocycles. The Morgan fingerprint density at radius 1 is 1.09 bits per heavy atom. The van der Waals surface area contributed by atoms with Crippen LogP contribution in [0.5, 0.6) is 5.75 Å². The van der Waals surface area contributed by atoms with Crippen LogP contribution < -0.4 is 15.0 Å². The van der Waals surface area contributed by atoms with E-state index in [0.29, 0.717) is 0 Å². The Labute approximate surface area is 132 Å². The van der Waals surface area contributed by atoms with E-state index in [1.165, 1.54) is 5.69 Å². The number of amides is 1. The van der Waals surface area contributed by atoms with Gasteiger partial charge >= 0.3 is 0 Å². The van der Waals surface area contributed by atoms with Crippen LogP contribution in [0.15, 0.2) is 24.3 Å². The van der Waals surface area contributed by atoms with Gasteiger partial charge in [-0.25, -0.2) is 0 Å². The fraction of sp³-hybridized carbons (Fsp3) is 0.588. The van der Waals surface area contributed by atoms with E-state index in [4.69, 9.17) is 4.74 Å². The highest BCUT2D eigenvalue weighted by Crippen LogP contribution is 2.23. The summed E-state index contributed by atoms with van der Waals surface area (Å²) < 4.78 is 6.06. The van der Waals surface area contributed by atoms with Crippen molar-refractivity contribution >= 4 is 11.6 Å². The van der Waals surface area contributed by atoms with E-state index in [9.17, 15) is 4.79 Å². The minimum atomic E-state index is 0.166. The molecule has 1 aromatic carbocycles. The SMILES string of the molecule is CC(=O)N1CCC(Oc2ccc(N3CCNCC3)cc2)CC1. The number of piperidine rings is 1. The van der Waals surface area contributed by atoms with Gasteiger partial charge in [0.15, 0.2) is 0 Å². The number of ether oxygens (including phenoxy) is 1. The summed E-state index contributed by atoms with van der Waals surface area (Å²) in [6.07, 6.45) is 2.05. The molecule has 0 unspecified atom stereocenters. The number of rotatable bonds is 3. The van der Waals surface area contributed by atoms with E-state index in [0.717, 1.165) is 57.9 Å². The lowest BCUT2D eigenvalue weighted by Gasteiger charge is -2.32. The Hall–Kier alpha value is -1.75. The van der Waals surface area contributed by atoms with Gasteiger partial charge in [-0.15, -0.1) is 0 Å². The van der Waals surface area contributed by atoms with E-state index in [-0.39, 0.29) is 12.0 Å². The van der Waals surface area contributed by atoms with Gasteiger partial charge in [0.1, 0.15) is 11.9 Å². The molecule has 0 bridgehead atoms. The quantitative estimate of drug-likeness (QED) is 0.919. The van der Waals surface area contributed by atoms with Crippen LogP contribution >= 0.6 is 0 Å². The first-order valence-electron chi connectivity index (χ1n) is 8.20. The minimum absolute atomic E-state index is 0.166. The van der Waals surface area contributed by atoms with E-state index in [2.05, 4.69) is 34.5 Å². The van der Waals surface area contributed by atoms with Crippen molar-refractivity contribution in [3.63, 3.8) is 0 Å². The molecule has 22 heavy (non-hydrogen) atoms. The highest BCUT2D eigenvalue weighted by Gasteiger charge is 2.21. The monoisotopic (exact) mass is 303 g/mol. The summed E-state index contributed by atoms with van der Waals surface area (Å²) in [5.74, 6) is 1.10. The lowest BCUT2D eigenvalue weighted by atomic mass is 10.1. The van der Waals surface area contributed by atoms with Crippen molar-refractivity contribution in [2.45, 2.75) is 25.9 Å². The number of piperazine rings is 1. The van der Waals surface area contributed by atoms with Crippen LogP contribution in [-0.4, -0.2) is 56.2 Å². The molecule has 5 nitrogen and oxygen atoms in total. The second-order valence-electron chi connectivity index (χ2n) is 6.05. The molecule has 0 aliphatic carbocycles. The van der Waals surface area contributed by atoms with Crippen LogP contribution in [0.25, 0.3) is 0 Å². The third-order valence-corrected chi connectivity index (χ3v) is 4.51. The van der Waals surface area contributed by atoms with Crippen molar-refractivity contribution < 1.29 is 9.53 Å². The highest BCUT2D eigenvalue weighted by atomic mass is 16.5. The average Bonchev–Trinajstić information content (AvgIpc) is 2.57.